The van der Waals surface area contributed by atoms with Crippen molar-refractivity contribution in [2.24, 2.45) is 7.05 Å². The lowest BCUT2D eigenvalue weighted by Crippen LogP contribution is -2.26. The van der Waals surface area contributed by atoms with Gasteiger partial charge in [-0.1, -0.05) is 12.7 Å². The Hall–Kier alpha value is -1.11. The number of hydrogen-bond donors (Lipinski definition) is 0. The molecule has 46 valence electrons. The molecule has 0 bridgehead atoms. The summed E-state index contributed by atoms with van der Waals surface area (Å²) in [7, 11) is 1.99. The molecule has 0 radical (unpaired) electrons. The van der Waals surface area contributed by atoms with Crippen LogP contribution < -0.4 is 4.57 Å². The molecule has 1 heteroatoms. The van der Waals surface area contributed by atoms with E-state index in [2.05, 4.69) is 6.58 Å². The number of aryl methyl sites for hydroxylation is 1. The van der Waals surface area contributed by atoms with Crippen LogP contribution in [0.3, 0.4) is 0 Å². The lowest BCUT2D eigenvalue weighted by atomic mass is 10.3. The highest BCUT2D eigenvalue weighted by Gasteiger charge is 1.89. The first kappa shape index (κ1) is 6.02. The molecule has 0 saturated heterocycles. The smallest absolute Gasteiger partial charge is 0.175 e. The summed E-state index contributed by atoms with van der Waals surface area (Å²) in [5.41, 5.74) is 1.15. The summed E-state index contributed by atoms with van der Waals surface area (Å²) in [5.74, 6) is 0. The highest BCUT2D eigenvalue weighted by atomic mass is 14.9. The van der Waals surface area contributed by atoms with Crippen molar-refractivity contribution >= 4 is 6.08 Å². The third kappa shape index (κ3) is 1.39. The molecule has 0 aliphatic heterocycles. The van der Waals surface area contributed by atoms with Gasteiger partial charge in [-0.2, -0.15) is 0 Å². The molecule has 9 heavy (non-hydrogen) atoms. The molecule has 0 N–H and O–H groups in total. The zero-order valence-electron chi connectivity index (χ0n) is 5.54. The Morgan fingerprint density at radius 1 is 1.67 bits per heavy atom. The van der Waals surface area contributed by atoms with Crippen LogP contribution in [0, 0.1) is 0 Å². The third-order valence-corrected chi connectivity index (χ3v) is 1.20. The molecule has 1 aromatic rings. The van der Waals surface area contributed by atoms with Crippen molar-refractivity contribution in [2.45, 2.75) is 0 Å². The van der Waals surface area contributed by atoms with E-state index in [4.69, 9.17) is 0 Å². The topological polar surface area (TPSA) is 3.88 Å². The zero-order chi connectivity index (χ0) is 6.69. The average Bonchev–Trinajstić information content (AvgIpc) is 1.88. The summed E-state index contributed by atoms with van der Waals surface area (Å²) in [6.45, 7) is 3.66. The predicted molar refractivity (Wildman–Crippen MR) is 37.7 cm³/mol. The maximum atomic E-state index is 3.66. The minimum atomic E-state index is 1.15. The molecule has 1 heterocycles. The van der Waals surface area contributed by atoms with Crippen molar-refractivity contribution in [1.29, 1.82) is 0 Å². The van der Waals surface area contributed by atoms with Crippen molar-refractivity contribution in [2.75, 3.05) is 0 Å². The van der Waals surface area contributed by atoms with E-state index in [0.717, 1.165) is 5.56 Å². The average molecular weight is 120 g/mol. The van der Waals surface area contributed by atoms with Gasteiger partial charge in [0.25, 0.3) is 0 Å². The van der Waals surface area contributed by atoms with Gasteiger partial charge in [0.05, 0.1) is 0 Å². The molecule has 0 fully saturated rings. The Labute approximate surface area is 55.3 Å². The van der Waals surface area contributed by atoms with Gasteiger partial charge in [0.2, 0.25) is 0 Å². The Balaban J connectivity index is 3.07. The largest absolute Gasteiger partial charge is 0.207 e. The SMILES string of the molecule is C=Cc1ccc[n+](C)c1. The molecular formula is C8H10N+. The van der Waals surface area contributed by atoms with Crippen LogP contribution in [0.5, 0.6) is 0 Å². The van der Waals surface area contributed by atoms with Crippen molar-refractivity contribution in [3.05, 3.63) is 36.7 Å². The summed E-state index contributed by atoms with van der Waals surface area (Å²) in [5, 5.41) is 0. The molecule has 0 spiro atoms. The van der Waals surface area contributed by atoms with Crippen LogP contribution >= 0.6 is 0 Å². The molecule has 0 aliphatic carbocycles. The van der Waals surface area contributed by atoms with Gasteiger partial charge in [0.1, 0.15) is 7.05 Å². The first-order valence-electron chi connectivity index (χ1n) is 2.90. The minimum Gasteiger partial charge on any atom is -0.207 e. The molecule has 0 unspecified atom stereocenters. The van der Waals surface area contributed by atoms with Crippen LogP contribution in [-0.2, 0) is 7.05 Å². The maximum absolute atomic E-state index is 3.66. The number of hydrogen-bond acceptors (Lipinski definition) is 0. The van der Waals surface area contributed by atoms with Crippen LogP contribution in [0.15, 0.2) is 31.1 Å². The van der Waals surface area contributed by atoms with Gasteiger partial charge in [-0.05, 0) is 6.07 Å². The summed E-state index contributed by atoms with van der Waals surface area (Å²) in [6, 6.07) is 4.02. The monoisotopic (exact) mass is 120 g/mol. The predicted octanol–water partition coefficient (Wildman–Crippen LogP) is 1.15. The van der Waals surface area contributed by atoms with Gasteiger partial charge in [-0.15, -0.1) is 0 Å². The molecule has 1 nitrogen and oxygen atoms in total. The summed E-state index contributed by atoms with van der Waals surface area (Å²) in [4.78, 5) is 0. The fourth-order valence-electron chi connectivity index (χ4n) is 0.732. The van der Waals surface area contributed by atoms with Crippen LogP contribution in [-0.4, -0.2) is 0 Å². The molecule has 1 aromatic heterocycles. The minimum absolute atomic E-state index is 1.15. The summed E-state index contributed by atoms with van der Waals surface area (Å²) in [6.07, 6.45) is 5.85. The van der Waals surface area contributed by atoms with Crippen molar-refractivity contribution in [1.82, 2.24) is 0 Å². The maximum Gasteiger partial charge on any atom is 0.175 e. The molecule has 0 saturated carbocycles. The van der Waals surface area contributed by atoms with Gasteiger partial charge < -0.3 is 0 Å². The highest BCUT2D eigenvalue weighted by Crippen LogP contribution is 1.93. The molecule has 0 aliphatic rings. The lowest BCUT2D eigenvalue weighted by Gasteiger charge is -1.86. The highest BCUT2D eigenvalue weighted by molar-refractivity contribution is 5.43. The van der Waals surface area contributed by atoms with E-state index >= 15 is 0 Å². The Morgan fingerprint density at radius 3 is 2.89 bits per heavy atom. The van der Waals surface area contributed by atoms with E-state index in [-0.39, 0.29) is 0 Å². The third-order valence-electron chi connectivity index (χ3n) is 1.20. The second kappa shape index (κ2) is 2.44. The van der Waals surface area contributed by atoms with E-state index in [1.165, 1.54) is 0 Å². The van der Waals surface area contributed by atoms with Crippen molar-refractivity contribution in [3.63, 3.8) is 0 Å². The van der Waals surface area contributed by atoms with Crippen LogP contribution in [0.2, 0.25) is 0 Å². The van der Waals surface area contributed by atoms with Gasteiger partial charge >= 0.3 is 0 Å². The fourth-order valence-corrected chi connectivity index (χ4v) is 0.732. The lowest BCUT2D eigenvalue weighted by molar-refractivity contribution is -0.671. The van der Waals surface area contributed by atoms with Crippen LogP contribution in [0.4, 0.5) is 0 Å². The summed E-state index contributed by atoms with van der Waals surface area (Å²) < 4.78 is 2.00. The summed E-state index contributed by atoms with van der Waals surface area (Å²) >= 11 is 0. The number of pyridine rings is 1. The first-order valence-corrected chi connectivity index (χ1v) is 2.90. The Bertz CT molecular complexity index is 216. The van der Waals surface area contributed by atoms with Crippen molar-refractivity contribution < 1.29 is 4.57 Å². The second-order valence-electron chi connectivity index (χ2n) is 2.01. The zero-order valence-corrected chi connectivity index (χ0v) is 5.54. The fraction of sp³-hybridized carbons (Fsp3) is 0.125. The van der Waals surface area contributed by atoms with E-state index in [1.807, 2.05) is 42.2 Å². The molecule has 1 rings (SSSR count). The molecule has 0 amide bonds. The van der Waals surface area contributed by atoms with E-state index in [1.54, 1.807) is 0 Å². The number of nitrogens with zero attached hydrogens (tertiary/aromatic N) is 1. The van der Waals surface area contributed by atoms with Crippen LogP contribution in [0.25, 0.3) is 6.08 Å². The van der Waals surface area contributed by atoms with Crippen molar-refractivity contribution in [3.8, 4) is 0 Å². The Kier molecular flexibility index (Phi) is 1.63. The molecule has 0 aromatic carbocycles. The van der Waals surface area contributed by atoms with Gasteiger partial charge in [0.15, 0.2) is 12.4 Å². The van der Waals surface area contributed by atoms with Gasteiger partial charge in [-0.3, -0.25) is 0 Å². The number of aromatic nitrogens is 1. The van der Waals surface area contributed by atoms with E-state index < -0.39 is 0 Å². The Morgan fingerprint density at radius 2 is 2.44 bits per heavy atom. The van der Waals surface area contributed by atoms with E-state index in [9.17, 15) is 0 Å². The van der Waals surface area contributed by atoms with Crippen LogP contribution in [0.1, 0.15) is 5.56 Å². The normalized spacial score (nSPS) is 9.00. The first-order chi connectivity index (χ1) is 4.33. The second-order valence-corrected chi connectivity index (χ2v) is 2.01. The quantitative estimate of drug-likeness (QED) is 0.489. The number of rotatable bonds is 1. The van der Waals surface area contributed by atoms with Gasteiger partial charge in [-0.25, -0.2) is 4.57 Å². The van der Waals surface area contributed by atoms with Gasteiger partial charge in [0, 0.05) is 11.6 Å². The standard InChI is InChI=1S/C8H10N/c1-3-8-5-4-6-9(2)7-8/h3-7H,1H2,2H3/q+1. The van der Waals surface area contributed by atoms with E-state index in [0.29, 0.717) is 0 Å². The molecule has 0 atom stereocenters. The molecular weight excluding hydrogens is 110 g/mol.